The van der Waals surface area contributed by atoms with Gasteiger partial charge in [-0.1, -0.05) is 66.2 Å². The van der Waals surface area contributed by atoms with Crippen molar-refractivity contribution in [3.63, 3.8) is 0 Å². The molecule has 0 spiro atoms. The average molecular weight is 449 g/mol. The van der Waals surface area contributed by atoms with Crippen LogP contribution in [0.2, 0.25) is 5.02 Å². The zero-order chi connectivity index (χ0) is 21.6. The lowest BCUT2D eigenvalue weighted by molar-refractivity contribution is 0.102. The number of nitrogens with zero attached hydrogens (tertiary/aromatic N) is 1. The van der Waals surface area contributed by atoms with E-state index in [9.17, 15) is 13.2 Å². The maximum Gasteiger partial charge on any atom is 0.258 e. The predicted octanol–water partition coefficient (Wildman–Crippen LogP) is 5.26. The molecule has 0 saturated carbocycles. The van der Waals surface area contributed by atoms with E-state index in [0.717, 1.165) is 16.7 Å². The second-order valence-corrected chi connectivity index (χ2v) is 9.69. The highest BCUT2D eigenvalue weighted by Gasteiger charge is 2.33. The largest absolute Gasteiger partial charge is 0.348 e. The minimum atomic E-state index is -3.90. The van der Waals surface area contributed by atoms with Crippen LogP contribution in [0.1, 0.15) is 15.9 Å². The van der Waals surface area contributed by atoms with Crippen molar-refractivity contribution >= 4 is 33.0 Å². The molecule has 1 N–H and O–H groups in total. The Bertz CT molecular complexity index is 1410. The zero-order valence-corrected chi connectivity index (χ0v) is 17.8. The number of nitrogens with one attached hydrogen (secondary N) is 1. The standard InChI is InChI=1S/C24H17ClN2O3S/c25-19-10-11-21-22(12-19)31(29,30)23-15-27(14-20(23)24(28)26-21)13-16-6-8-18(9-7-16)17-4-2-1-3-5-17/h1-12,14-15H,13H2,(H,26,28). The maximum atomic E-state index is 13.2. The lowest BCUT2D eigenvalue weighted by Crippen LogP contribution is -2.10. The van der Waals surface area contributed by atoms with Crippen LogP contribution in [0.4, 0.5) is 5.69 Å². The lowest BCUT2D eigenvalue weighted by Gasteiger charge is -2.08. The number of hydrogen-bond donors (Lipinski definition) is 1. The molecule has 1 aromatic heterocycles. The molecular weight excluding hydrogens is 432 g/mol. The van der Waals surface area contributed by atoms with Crippen LogP contribution in [-0.2, 0) is 16.4 Å². The van der Waals surface area contributed by atoms with Crippen LogP contribution in [0, 0.1) is 0 Å². The Kier molecular flexibility index (Phi) is 4.68. The van der Waals surface area contributed by atoms with Gasteiger partial charge in [0.05, 0.1) is 16.1 Å². The van der Waals surface area contributed by atoms with Gasteiger partial charge in [0.25, 0.3) is 5.91 Å². The summed E-state index contributed by atoms with van der Waals surface area (Å²) in [6, 6.07) is 22.5. The minimum absolute atomic E-state index is 0.00272. The van der Waals surface area contributed by atoms with Crippen LogP contribution in [0.3, 0.4) is 0 Å². The highest BCUT2D eigenvalue weighted by atomic mass is 35.5. The van der Waals surface area contributed by atoms with Gasteiger partial charge in [-0.15, -0.1) is 0 Å². The van der Waals surface area contributed by atoms with Crippen LogP contribution < -0.4 is 5.32 Å². The van der Waals surface area contributed by atoms with Crippen LogP contribution in [0.15, 0.2) is 95.0 Å². The van der Waals surface area contributed by atoms with Gasteiger partial charge in [0.2, 0.25) is 9.84 Å². The molecule has 7 heteroatoms. The van der Waals surface area contributed by atoms with Gasteiger partial charge in [0, 0.05) is 24.0 Å². The molecule has 154 valence electrons. The number of halogens is 1. The molecule has 0 unspecified atom stereocenters. The molecule has 1 aliphatic heterocycles. The quantitative estimate of drug-likeness (QED) is 0.465. The van der Waals surface area contributed by atoms with Gasteiger partial charge < -0.3 is 9.88 Å². The van der Waals surface area contributed by atoms with E-state index in [2.05, 4.69) is 5.32 Å². The Morgan fingerprint density at radius 3 is 2.29 bits per heavy atom. The number of carbonyl (C=O) groups excluding carboxylic acids is 1. The first kappa shape index (κ1) is 19.6. The van der Waals surface area contributed by atoms with Gasteiger partial charge in [0.15, 0.2) is 0 Å². The Labute approximate surface area is 184 Å². The summed E-state index contributed by atoms with van der Waals surface area (Å²) < 4.78 is 28.1. The van der Waals surface area contributed by atoms with E-state index in [1.54, 1.807) is 16.8 Å². The number of fused-ring (bicyclic) bond motifs is 2. The van der Waals surface area contributed by atoms with Gasteiger partial charge in [0.1, 0.15) is 4.90 Å². The number of anilines is 1. The predicted molar refractivity (Wildman–Crippen MR) is 120 cm³/mol. The molecule has 0 saturated heterocycles. The van der Waals surface area contributed by atoms with E-state index in [4.69, 9.17) is 11.6 Å². The van der Waals surface area contributed by atoms with Gasteiger partial charge in [-0.2, -0.15) is 0 Å². The molecule has 5 nitrogen and oxygen atoms in total. The van der Waals surface area contributed by atoms with Crippen molar-refractivity contribution in [3.8, 4) is 11.1 Å². The fourth-order valence-electron chi connectivity index (χ4n) is 3.74. The first-order chi connectivity index (χ1) is 14.9. The summed E-state index contributed by atoms with van der Waals surface area (Å²) in [5, 5.41) is 2.96. The summed E-state index contributed by atoms with van der Waals surface area (Å²) in [5.74, 6) is -0.460. The van der Waals surface area contributed by atoms with E-state index in [1.165, 1.54) is 18.3 Å². The lowest BCUT2D eigenvalue weighted by atomic mass is 10.0. The normalized spacial score (nSPS) is 14.3. The van der Waals surface area contributed by atoms with Crippen LogP contribution in [0.25, 0.3) is 11.1 Å². The van der Waals surface area contributed by atoms with Crippen LogP contribution >= 0.6 is 11.6 Å². The Balaban J connectivity index is 1.49. The van der Waals surface area contributed by atoms with E-state index in [-0.39, 0.29) is 26.1 Å². The SMILES string of the molecule is O=C1Nc2ccc(Cl)cc2S(=O)(=O)c2cn(Cc3ccc(-c4ccccc4)cc3)cc21. The van der Waals surface area contributed by atoms with Gasteiger partial charge in [-0.3, -0.25) is 4.79 Å². The van der Waals surface area contributed by atoms with E-state index < -0.39 is 15.7 Å². The van der Waals surface area contributed by atoms with Crippen molar-refractivity contribution in [1.29, 1.82) is 0 Å². The molecule has 5 rings (SSSR count). The second-order valence-electron chi connectivity index (χ2n) is 7.37. The third kappa shape index (κ3) is 3.54. The highest BCUT2D eigenvalue weighted by molar-refractivity contribution is 7.91. The molecule has 0 atom stereocenters. The molecule has 31 heavy (non-hydrogen) atoms. The topological polar surface area (TPSA) is 68.2 Å². The molecule has 0 fully saturated rings. The summed E-state index contributed by atoms with van der Waals surface area (Å²) in [5.41, 5.74) is 3.57. The first-order valence-electron chi connectivity index (χ1n) is 9.62. The number of benzene rings is 3. The third-order valence-corrected chi connectivity index (χ3v) is 7.34. The van der Waals surface area contributed by atoms with Crippen molar-refractivity contribution in [1.82, 2.24) is 4.57 Å². The van der Waals surface area contributed by atoms with Gasteiger partial charge in [-0.05, 0) is 34.9 Å². The summed E-state index contributed by atoms with van der Waals surface area (Å²) in [7, 11) is -3.90. The fourth-order valence-corrected chi connectivity index (χ4v) is 5.61. The molecule has 3 aromatic carbocycles. The second kappa shape index (κ2) is 7.41. The number of hydrogen-bond acceptors (Lipinski definition) is 3. The van der Waals surface area contributed by atoms with E-state index >= 15 is 0 Å². The Morgan fingerprint density at radius 1 is 0.839 bits per heavy atom. The number of carbonyl (C=O) groups is 1. The maximum absolute atomic E-state index is 13.2. The Hall–Kier alpha value is -3.35. The summed E-state index contributed by atoms with van der Waals surface area (Å²) in [4.78, 5) is 12.7. The number of amides is 1. The number of aromatic nitrogens is 1. The summed E-state index contributed by atoms with van der Waals surface area (Å²) in [6.07, 6.45) is 3.08. The third-order valence-electron chi connectivity index (χ3n) is 5.29. The van der Waals surface area contributed by atoms with Crippen LogP contribution in [-0.4, -0.2) is 18.9 Å². The van der Waals surface area contributed by atoms with Crippen molar-refractivity contribution in [2.75, 3.05) is 5.32 Å². The molecule has 0 radical (unpaired) electrons. The van der Waals surface area contributed by atoms with Crippen molar-refractivity contribution in [3.05, 3.63) is 101 Å². The van der Waals surface area contributed by atoms with E-state index in [0.29, 0.717) is 6.54 Å². The van der Waals surface area contributed by atoms with Gasteiger partial charge in [-0.25, -0.2) is 8.42 Å². The Morgan fingerprint density at radius 2 is 1.55 bits per heavy atom. The number of rotatable bonds is 3. The molecule has 2 heterocycles. The monoisotopic (exact) mass is 448 g/mol. The highest BCUT2D eigenvalue weighted by Crippen LogP contribution is 2.35. The van der Waals surface area contributed by atoms with E-state index in [1.807, 2.05) is 54.6 Å². The van der Waals surface area contributed by atoms with Gasteiger partial charge >= 0.3 is 0 Å². The fraction of sp³-hybridized carbons (Fsp3) is 0.0417. The summed E-state index contributed by atoms with van der Waals surface area (Å²) >= 11 is 6.01. The molecule has 4 aromatic rings. The molecule has 0 bridgehead atoms. The van der Waals surface area contributed by atoms with Crippen molar-refractivity contribution in [2.24, 2.45) is 0 Å². The minimum Gasteiger partial charge on any atom is -0.348 e. The van der Waals surface area contributed by atoms with Crippen molar-refractivity contribution < 1.29 is 13.2 Å². The molecule has 1 aliphatic rings. The zero-order valence-electron chi connectivity index (χ0n) is 16.2. The van der Waals surface area contributed by atoms with Crippen LogP contribution in [0.5, 0.6) is 0 Å². The first-order valence-corrected chi connectivity index (χ1v) is 11.5. The number of sulfone groups is 1. The smallest absolute Gasteiger partial charge is 0.258 e. The summed E-state index contributed by atoms with van der Waals surface area (Å²) in [6.45, 7) is 0.438. The molecule has 1 amide bonds. The van der Waals surface area contributed by atoms with Crippen molar-refractivity contribution in [2.45, 2.75) is 16.3 Å². The molecular formula is C24H17ClN2O3S. The molecule has 0 aliphatic carbocycles. The average Bonchev–Trinajstić information content (AvgIpc) is 3.18.